The van der Waals surface area contributed by atoms with Crippen LogP contribution >= 0.6 is 0 Å². The Morgan fingerprint density at radius 1 is 1.40 bits per heavy atom. The number of hydrogen-bond donors (Lipinski definition) is 2. The molecule has 1 aromatic carbocycles. The molecule has 4 nitrogen and oxygen atoms in total. The third kappa shape index (κ3) is 3.70. The van der Waals surface area contributed by atoms with E-state index in [2.05, 4.69) is 5.32 Å². The van der Waals surface area contributed by atoms with Crippen molar-refractivity contribution >= 4 is 5.91 Å². The number of nitrogens with one attached hydrogen (secondary N) is 1. The standard InChI is InChI=1S/C15H21FN2O2/c1-11(13-9-12(16)5-6-14(13)19)17-10-15(20)18-7-3-2-4-8-18/h5-6,9,11,17,19H,2-4,7-8,10H2,1H3. The van der Waals surface area contributed by atoms with Crippen molar-refractivity contribution in [3.8, 4) is 5.75 Å². The maximum atomic E-state index is 13.2. The number of amides is 1. The Labute approximate surface area is 118 Å². The van der Waals surface area contributed by atoms with Crippen LogP contribution in [0.3, 0.4) is 0 Å². The SMILES string of the molecule is CC(NCC(=O)N1CCCCC1)c1cc(F)ccc1O. The Balaban J connectivity index is 1.89. The van der Waals surface area contributed by atoms with E-state index < -0.39 is 5.82 Å². The molecule has 1 fully saturated rings. The molecule has 0 aromatic heterocycles. The molecule has 1 aliphatic rings. The third-order valence-electron chi connectivity index (χ3n) is 3.72. The summed E-state index contributed by atoms with van der Waals surface area (Å²) in [5.41, 5.74) is 0.469. The summed E-state index contributed by atoms with van der Waals surface area (Å²) in [4.78, 5) is 13.9. The Hall–Kier alpha value is -1.62. The molecule has 0 aliphatic carbocycles. The fraction of sp³-hybridized carbons (Fsp3) is 0.533. The summed E-state index contributed by atoms with van der Waals surface area (Å²) in [5, 5.41) is 12.8. The second-order valence-electron chi connectivity index (χ2n) is 5.25. The largest absolute Gasteiger partial charge is 0.508 e. The first-order valence-corrected chi connectivity index (χ1v) is 7.07. The van der Waals surface area contributed by atoms with Gasteiger partial charge >= 0.3 is 0 Å². The maximum Gasteiger partial charge on any atom is 0.236 e. The zero-order chi connectivity index (χ0) is 14.5. The number of likely N-dealkylation sites (tertiary alicyclic amines) is 1. The Kier molecular flexibility index (Phi) is 4.95. The van der Waals surface area contributed by atoms with Crippen molar-refractivity contribution in [3.05, 3.63) is 29.6 Å². The van der Waals surface area contributed by atoms with Gasteiger partial charge in [-0.15, -0.1) is 0 Å². The molecule has 1 heterocycles. The molecule has 1 unspecified atom stereocenters. The summed E-state index contributed by atoms with van der Waals surface area (Å²) in [6.45, 7) is 3.65. The predicted octanol–water partition coefficient (Wildman–Crippen LogP) is 2.19. The Morgan fingerprint density at radius 3 is 2.80 bits per heavy atom. The number of nitrogens with zero attached hydrogens (tertiary/aromatic N) is 1. The first kappa shape index (κ1) is 14.8. The van der Waals surface area contributed by atoms with Crippen molar-refractivity contribution in [3.63, 3.8) is 0 Å². The van der Waals surface area contributed by atoms with Crippen molar-refractivity contribution in [1.82, 2.24) is 10.2 Å². The van der Waals surface area contributed by atoms with Gasteiger partial charge in [0.2, 0.25) is 5.91 Å². The second-order valence-corrected chi connectivity index (χ2v) is 5.25. The van der Waals surface area contributed by atoms with E-state index in [1.165, 1.54) is 24.6 Å². The lowest BCUT2D eigenvalue weighted by molar-refractivity contribution is -0.131. The average molecular weight is 280 g/mol. The van der Waals surface area contributed by atoms with Gasteiger partial charge in [0.15, 0.2) is 0 Å². The summed E-state index contributed by atoms with van der Waals surface area (Å²) < 4.78 is 13.2. The van der Waals surface area contributed by atoms with Gasteiger partial charge in [0.05, 0.1) is 6.54 Å². The fourth-order valence-electron chi connectivity index (χ4n) is 2.48. The predicted molar refractivity (Wildman–Crippen MR) is 74.9 cm³/mol. The molecule has 110 valence electrons. The van der Waals surface area contributed by atoms with E-state index in [0.717, 1.165) is 25.9 Å². The highest BCUT2D eigenvalue weighted by molar-refractivity contribution is 5.78. The first-order valence-electron chi connectivity index (χ1n) is 7.07. The number of hydrogen-bond acceptors (Lipinski definition) is 3. The fourth-order valence-corrected chi connectivity index (χ4v) is 2.48. The van der Waals surface area contributed by atoms with E-state index in [9.17, 15) is 14.3 Å². The first-order chi connectivity index (χ1) is 9.58. The highest BCUT2D eigenvalue weighted by atomic mass is 19.1. The zero-order valence-corrected chi connectivity index (χ0v) is 11.7. The molecular formula is C15H21FN2O2. The van der Waals surface area contributed by atoms with Crippen LogP contribution in [0.2, 0.25) is 0 Å². The van der Waals surface area contributed by atoms with Gasteiger partial charge in [0.1, 0.15) is 11.6 Å². The third-order valence-corrected chi connectivity index (χ3v) is 3.72. The average Bonchev–Trinajstić information content (AvgIpc) is 2.47. The number of phenols is 1. The molecule has 0 bridgehead atoms. The number of halogens is 1. The molecule has 1 aliphatic heterocycles. The van der Waals surface area contributed by atoms with Gasteiger partial charge in [-0.3, -0.25) is 4.79 Å². The smallest absolute Gasteiger partial charge is 0.236 e. The minimum Gasteiger partial charge on any atom is -0.508 e. The number of rotatable bonds is 4. The molecule has 1 atom stereocenters. The lowest BCUT2D eigenvalue weighted by Gasteiger charge is -2.27. The van der Waals surface area contributed by atoms with Crippen LogP contribution in [0, 0.1) is 5.82 Å². The molecule has 0 spiro atoms. The highest BCUT2D eigenvalue weighted by Crippen LogP contribution is 2.24. The van der Waals surface area contributed by atoms with Crippen LogP contribution in [-0.2, 0) is 4.79 Å². The van der Waals surface area contributed by atoms with E-state index in [-0.39, 0.29) is 24.2 Å². The summed E-state index contributed by atoms with van der Waals surface area (Å²) in [6.07, 6.45) is 3.31. The highest BCUT2D eigenvalue weighted by Gasteiger charge is 2.18. The number of carbonyl (C=O) groups excluding carboxylic acids is 1. The minimum atomic E-state index is -0.395. The quantitative estimate of drug-likeness (QED) is 0.889. The lowest BCUT2D eigenvalue weighted by atomic mass is 10.1. The number of aromatic hydroxyl groups is 1. The van der Waals surface area contributed by atoms with Crippen molar-refractivity contribution < 1.29 is 14.3 Å². The Morgan fingerprint density at radius 2 is 2.10 bits per heavy atom. The topological polar surface area (TPSA) is 52.6 Å². The molecule has 20 heavy (non-hydrogen) atoms. The molecule has 5 heteroatoms. The zero-order valence-electron chi connectivity index (χ0n) is 11.7. The summed E-state index contributed by atoms with van der Waals surface area (Å²) in [5.74, 6) is -0.293. The van der Waals surface area contributed by atoms with Crippen LogP contribution in [0.15, 0.2) is 18.2 Å². The molecule has 1 aromatic rings. The molecule has 0 radical (unpaired) electrons. The van der Waals surface area contributed by atoms with Crippen LogP contribution in [0.5, 0.6) is 5.75 Å². The van der Waals surface area contributed by atoms with Gasteiger partial charge in [-0.2, -0.15) is 0 Å². The molecule has 1 amide bonds. The lowest BCUT2D eigenvalue weighted by Crippen LogP contribution is -2.41. The van der Waals surface area contributed by atoms with Gasteiger partial charge in [0, 0.05) is 24.7 Å². The summed E-state index contributed by atoms with van der Waals surface area (Å²) >= 11 is 0. The second kappa shape index (κ2) is 6.70. The van der Waals surface area contributed by atoms with Crippen LogP contribution in [0.4, 0.5) is 4.39 Å². The van der Waals surface area contributed by atoms with Crippen molar-refractivity contribution in [1.29, 1.82) is 0 Å². The summed E-state index contributed by atoms with van der Waals surface area (Å²) in [7, 11) is 0. The molecule has 2 N–H and O–H groups in total. The number of benzene rings is 1. The summed E-state index contributed by atoms with van der Waals surface area (Å²) in [6, 6.07) is 3.55. The van der Waals surface area contributed by atoms with E-state index in [1.807, 2.05) is 4.90 Å². The Bertz CT molecular complexity index is 473. The molecule has 2 rings (SSSR count). The maximum absolute atomic E-state index is 13.2. The van der Waals surface area contributed by atoms with Crippen molar-refractivity contribution in [2.75, 3.05) is 19.6 Å². The van der Waals surface area contributed by atoms with E-state index in [0.29, 0.717) is 5.56 Å². The number of phenolic OH excluding ortho intramolecular Hbond substituents is 1. The van der Waals surface area contributed by atoms with Gasteiger partial charge < -0.3 is 15.3 Å². The van der Waals surface area contributed by atoms with Gasteiger partial charge in [-0.25, -0.2) is 4.39 Å². The van der Waals surface area contributed by atoms with Crippen LogP contribution in [0.1, 0.15) is 37.8 Å². The van der Waals surface area contributed by atoms with E-state index in [4.69, 9.17) is 0 Å². The van der Waals surface area contributed by atoms with Gasteiger partial charge in [0.25, 0.3) is 0 Å². The van der Waals surface area contributed by atoms with Gasteiger partial charge in [-0.1, -0.05) is 0 Å². The van der Waals surface area contributed by atoms with Gasteiger partial charge in [-0.05, 0) is 44.4 Å². The number of piperidine rings is 1. The minimum absolute atomic E-state index is 0.0387. The number of carbonyl (C=O) groups is 1. The van der Waals surface area contributed by atoms with Crippen molar-refractivity contribution in [2.45, 2.75) is 32.2 Å². The van der Waals surface area contributed by atoms with Crippen LogP contribution in [0.25, 0.3) is 0 Å². The van der Waals surface area contributed by atoms with Crippen LogP contribution < -0.4 is 5.32 Å². The molecular weight excluding hydrogens is 259 g/mol. The molecule has 1 saturated heterocycles. The van der Waals surface area contributed by atoms with E-state index >= 15 is 0 Å². The van der Waals surface area contributed by atoms with E-state index in [1.54, 1.807) is 6.92 Å². The monoisotopic (exact) mass is 280 g/mol. The van der Waals surface area contributed by atoms with Crippen molar-refractivity contribution in [2.24, 2.45) is 0 Å². The van der Waals surface area contributed by atoms with Crippen LogP contribution in [-0.4, -0.2) is 35.5 Å². The normalized spacial score (nSPS) is 17.0. The molecule has 0 saturated carbocycles.